The average Bonchev–Trinajstić information content (AvgIpc) is 2.46. The number of ether oxygens (including phenoxy) is 1. The Morgan fingerprint density at radius 3 is 2.24 bits per heavy atom. The Kier molecular flexibility index (Phi) is 5.82. The highest BCUT2D eigenvalue weighted by atomic mass is 35.5. The third-order valence-corrected chi connectivity index (χ3v) is 3.98. The van der Waals surface area contributed by atoms with Crippen molar-refractivity contribution in [1.82, 2.24) is 9.97 Å². The smallest absolute Gasteiger partial charge is 0.160 e. The first-order valence-corrected chi connectivity index (χ1v) is 7.72. The van der Waals surface area contributed by atoms with Gasteiger partial charge in [0.25, 0.3) is 0 Å². The summed E-state index contributed by atoms with van der Waals surface area (Å²) in [5.74, 6) is 0.491. The molecule has 0 spiro atoms. The number of hydrogen-bond acceptors (Lipinski definition) is 3. The molecule has 0 aliphatic carbocycles. The molecular weight excluding hydrogens is 331 g/mol. The molecule has 1 aromatic heterocycles. The minimum Gasteiger partial charge on any atom is -0.373 e. The molecule has 6 heteroatoms. The van der Waals surface area contributed by atoms with Gasteiger partial charge in [0.05, 0.1) is 5.56 Å². The highest BCUT2D eigenvalue weighted by Crippen LogP contribution is 2.37. The van der Waals surface area contributed by atoms with Crippen LogP contribution in [0, 0.1) is 0 Å². The first-order chi connectivity index (χ1) is 10.1. The van der Waals surface area contributed by atoms with Crippen LogP contribution in [0.25, 0.3) is 11.1 Å². The lowest BCUT2D eigenvalue weighted by molar-refractivity contribution is 0.0876. The third kappa shape index (κ3) is 3.67. The first kappa shape index (κ1) is 16.5. The SMILES string of the molecule is CCCC(OC)c1nc(Cl)c(-c2ccccc2Cl)c(Cl)n1. The van der Waals surface area contributed by atoms with E-state index in [-0.39, 0.29) is 16.4 Å². The molecule has 0 aliphatic heterocycles. The summed E-state index contributed by atoms with van der Waals surface area (Å²) in [6.45, 7) is 2.06. The van der Waals surface area contributed by atoms with Crippen molar-refractivity contribution in [2.45, 2.75) is 25.9 Å². The molecule has 2 rings (SSSR count). The summed E-state index contributed by atoms with van der Waals surface area (Å²) in [6.07, 6.45) is 1.53. The van der Waals surface area contributed by atoms with Crippen LogP contribution < -0.4 is 0 Å². The normalized spacial score (nSPS) is 12.4. The second kappa shape index (κ2) is 7.41. The van der Waals surface area contributed by atoms with Crippen molar-refractivity contribution in [3.8, 4) is 11.1 Å². The summed E-state index contributed by atoms with van der Waals surface area (Å²) < 4.78 is 5.39. The van der Waals surface area contributed by atoms with E-state index >= 15 is 0 Å². The van der Waals surface area contributed by atoms with Gasteiger partial charge in [-0.3, -0.25) is 0 Å². The first-order valence-electron chi connectivity index (χ1n) is 6.59. The predicted octanol–water partition coefficient (Wildman–Crippen LogP) is 5.59. The van der Waals surface area contributed by atoms with Crippen LogP contribution in [0.2, 0.25) is 15.3 Å². The van der Waals surface area contributed by atoms with E-state index in [1.807, 2.05) is 18.2 Å². The number of rotatable bonds is 5. The largest absolute Gasteiger partial charge is 0.373 e. The molecule has 0 N–H and O–H groups in total. The van der Waals surface area contributed by atoms with Gasteiger partial charge in [-0.05, 0) is 12.5 Å². The third-order valence-electron chi connectivity index (χ3n) is 3.10. The summed E-state index contributed by atoms with van der Waals surface area (Å²) in [5, 5.41) is 1.10. The zero-order valence-electron chi connectivity index (χ0n) is 11.7. The number of halogens is 3. The Bertz CT molecular complexity index is 611. The molecule has 0 saturated heterocycles. The number of aromatic nitrogens is 2. The van der Waals surface area contributed by atoms with Gasteiger partial charge in [0.15, 0.2) is 5.82 Å². The molecule has 0 fully saturated rings. The Hall–Kier alpha value is -0.870. The minimum absolute atomic E-state index is 0.217. The number of nitrogens with zero attached hydrogens (tertiary/aromatic N) is 2. The van der Waals surface area contributed by atoms with Gasteiger partial charge in [-0.1, -0.05) is 66.3 Å². The van der Waals surface area contributed by atoms with E-state index in [9.17, 15) is 0 Å². The van der Waals surface area contributed by atoms with E-state index in [0.29, 0.717) is 22.0 Å². The van der Waals surface area contributed by atoms with Gasteiger partial charge in [0.1, 0.15) is 16.4 Å². The van der Waals surface area contributed by atoms with Crippen molar-refractivity contribution in [3.63, 3.8) is 0 Å². The van der Waals surface area contributed by atoms with Gasteiger partial charge in [-0.2, -0.15) is 0 Å². The molecule has 3 nitrogen and oxygen atoms in total. The van der Waals surface area contributed by atoms with E-state index in [2.05, 4.69) is 16.9 Å². The maximum absolute atomic E-state index is 6.29. The highest BCUT2D eigenvalue weighted by Gasteiger charge is 2.20. The lowest BCUT2D eigenvalue weighted by Gasteiger charge is -2.15. The van der Waals surface area contributed by atoms with E-state index in [4.69, 9.17) is 39.5 Å². The number of hydrogen-bond donors (Lipinski definition) is 0. The fraction of sp³-hybridized carbons (Fsp3) is 0.333. The molecule has 0 bridgehead atoms. The molecular formula is C15H15Cl3N2O. The van der Waals surface area contributed by atoms with Crippen LogP contribution in [0.15, 0.2) is 24.3 Å². The lowest BCUT2D eigenvalue weighted by Crippen LogP contribution is -2.08. The van der Waals surface area contributed by atoms with Crippen LogP contribution in [-0.4, -0.2) is 17.1 Å². The zero-order valence-corrected chi connectivity index (χ0v) is 14.0. The number of benzene rings is 1. The second-order valence-electron chi connectivity index (χ2n) is 4.53. The summed E-state index contributed by atoms with van der Waals surface area (Å²) in [6, 6.07) is 7.30. The fourth-order valence-corrected chi connectivity index (χ4v) is 2.90. The molecule has 2 aromatic rings. The molecule has 1 heterocycles. The summed E-state index contributed by atoms with van der Waals surface area (Å²) >= 11 is 18.8. The van der Waals surface area contributed by atoms with Gasteiger partial charge in [0, 0.05) is 17.7 Å². The molecule has 0 radical (unpaired) electrons. The second-order valence-corrected chi connectivity index (χ2v) is 5.65. The van der Waals surface area contributed by atoms with Crippen molar-refractivity contribution < 1.29 is 4.74 Å². The van der Waals surface area contributed by atoms with Gasteiger partial charge < -0.3 is 4.74 Å². The number of methoxy groups -OCH3 is 1. The van der Waals surface area contributed by atoms with Crippen LogP contribution in [0.1, 0.15) is 31.7 Å². The molecule has 0 aliphatic rings. The maximum Gasteiger partial charge on any atom is 0.160 e. The summed E-state index contributed by atoms with van der Waals surface area (Å²) in [4.78, 5) is 8.65. The van der Waals surface area contributed by atoms with Crippen molar-refractivity contribution in [1.29, 1.82) is 0 Å². The molecule has 1 atom stereocenters. The molecule has 1 unspecified atom stereocenters. The van der Waals surface area contributed by atoms with E-state index < -0.39 is 0 Å². The van der Waals surface area contributed by atoms with Crippen LogP contribution in [-0.2, 0) is 4.74 Å². The monoisotopic (exact) mass is 344 g/mol. The zero-order chi connectivity index (χ0) is 15.4. The molecule has 1 aromatic carbocycles. The van der Waals surface area contributed by atoms with E-state index in [0.717, 1.165) is 12.8 Å². The molecule has 0 saturated carbocycles. The average molecular weight is 346 g/mol. The molecule has 21 heavy (non-hydrogen) atoms. The van der Waals surface area contributed by atoms with Crippen molar-refractivity contribution in [3.05, 3.63) is 45.4 Å². The topological polar surface area (TPSA) is 35.0 Å². The Morgan fingerprint density at radius 1 is 1.10 bits per heavy atom. The summed E-state index contributed by atoms with van der Waals surface area (Å²) in [7, 11) is 1.62. The van der Waals surface area contributed by atoms with Crippen molar-refractivity contribution in [2.24, 2.45) is 0 Å². The van der Waals surface area contributed by atoms with Crippen LogP contribution in [0.5, 0.6) is 0 Å². The van der Waals surface area contributed by atoms with Gasteiger partial charge in [0.2, 0.25) is 0 Å². The highest BCUT2D eigenvalue weighted by molar-refractivity contribution is 6.40. The van der Waals surface area contributed by atoms with Crippen LogP contribution in [0.4, 0.5) is 0 Å². The van der Waals surface area contributed by atoms with Crippen molar-refractivity contribution in [2.75, 3.05) is 7.11 Å². The fourth-order valence-electron chi connectivity index (χ4n) is 2.07. The van der Waals surface area contributed by atoms with Crippen LogP contribution >= 0.6 is 34.8 Å². The van der Waals surface area contributed by atoms with Gasteiger partial charge in [-0.25, -0.2) is 9.97 Å². The molecule has 112 valence electrons. The van der Waals surface area contributed by atoms with Crippen molar-refractivity contribution >= 4 is 34.8 Å². The Balaban J connectivity index is 2.50. The predicted molar refractivity (Wildman–Crippen MR) is 87.2 cm³/mol. The molecule has 0 amide bonds. The minimum atomic E-state index is -0.217. The lowest BCUT2D eigenvalue weighted by atomic mass is 10.1. The van der Waals surface area contributed by atoms with E-state index in [1.54, 1.807) is 13.2 Å². The summed E-state index contributed by atoms with van der Waals surface area (Å²) in [5.41, 5.74) is 1.25. The maximum atomic E-state index is 6.29. The van der Waals surface area contributed by atoms with E-state index in [1.165, 1.54) is 0 Å². The van der Waals surface area contributed by atoms with Crippen LogP contribution in [0.3, 0.4) is 0 Å². The van der Waals surface area contributed by atoms with Gasteiger partial charge >= 0.3 is 0 Å². The Labute approximate surface area is 139 Å². The van der Waals surface area contributed by atoms with Gasteiger partial charge in [-0.15, -0.1) is 0 Å². The Morgan fingerprint density at radius 2 is 1.71 bits per heavy atom. The quantitative estimate of drug-likeness (QED) is 0.662. The standard InChI is InChI=1S/C15H15Cl3N2O/c1-3-6-11(21-2)15-19-13(17)12(14(18)20-15)9-7-4-5-8-10(9)16/h4-5,7-8,11H,3,6H2,1-2H3.